The van der Waals surface area contributed by atoms with E-state index in [0.717, 1.165) is 0 Å². The number of nitrogens with zero attached hydrogens (tertiary/aromatic N) is 1. The Bertz CT molecular complexity index is 612. The lowest BCUT2D eigenvalue weighted by molar-refractivity contribution is 0.0172. The van der Waals surface area contributed by atoms with Gasteiger partial charge < -0.3 is 9.64 Å². The molecule has 6 heteroatoms. The highest BCUT2D eigenvalue weighted by Gasteiger charge is 2.32. The zero-order valence-corrected chi connectivity index (χ0v) is 14.3. The number of Topliss-reactive ketones (excluding diaryl/α,β-unsaturated/α-hetero) is 1. The fraction of sp³-hybridized carbons (Fsp3) is 0.529. The number of hydrogen-bond donors (Lipinski definition) is 0. The maximum absolute atomic E-state index is 13.5. The fourth-order valence-corrected chi connectivity index (χ4v) is 2.82. The quantitative estimate of drug-likeness (QED) is 0.753. The number of ketones is 1. The van der Waals surface area contributed by atoms with E-state index in [0.29, 0.717) is 19.4 Å². The number of rotatable bonds is 2. The van der Waals surface area contributed by atoms with Gasteiger partial charge in [-0.25, -0.2) is 9.18 Å². The zero-order chi connectivity index (χ0) is 17.2. The van der Waals surface area contributed by atoms with Gasteiger partial charge in [0.1, 0.15) is 11.4 Å². The Labute approximate surface area is 140 Å². The van der Waals surface area contributed by atoms with E-state index in [1.165, 1.54) is 23.1 Å². The molecular formula is C17H21ClFNO3. The van der Waals surface area contributed by atoms with Crippen LogP contribution in [0.1, 0.15) is 44.0 Å². The molecular weight excluding hydrogens is 321 g/mol. The molecule has 0 bridgehead atoms. The van der Waals surface area contributed by atoms with Crippen molar-refractivity contribution < 1.29 is 18.7 Å². The number of hydrogen-bond acceptors (Lipinski definition) is 3. The first kappa shape index (κ1) is 17.7. The van der Waals surface area contributed by atoms with E-state index in [1.807, 2.05) is 0 Å². The van der Waals surface area contributed by atoms with Crippen molar-refractivity contribution in [3.05, 3.63) is 34.6 Å². The van der Waals surface area contributed by atoms with Crippen molar-refractivity contribution in [1.82, 2.24) is 4.90 Å². The molecule has 1 aliphatic heterocycles. The molecule has 0 aromatic heterocycles. The molecule has 1 amide bonds. The molecule has 0 aliphatic carbocycles. The summed E-state index contributed by atoms with van der Waals surface area (Å²) < 4.78 is 18.9. The van der Waals surface area contributed by atoms with Gasteiger partial charge in [-0.3, -0.25) is 4.79 Å². The van der Waals surface area contributed by atoms with E-state index in [9.17, 15) is 14.0 Å². The Kier molecular flexibility index (Phi) is 5.30. The Hall–Kier alpha value is -1.62. The summed E-state index contributed by atoms with van der Waals surface area (Å²) in [7, 11) is 0. The number of carbonyl (C=O) groups excluding carboxylic acids is 2. The topological polar surface area (TPSA) is 46.6 Å². The second-order valence-electron chi connectivity index (χ2n) is 6.73. The lowest BCUT2D eigenvalue weighted by Gasteiger charge is -2.33. The second-order valence-corrected chi connectivity index (χ2v) is 7.11. The predicted molar refractivity (Wildman–Crippen MR) is 86.3 cm³/mol. The SMILES string of the molecule is CC(C)(C)OC(=O)N1CCC[C@@H](C(=O)c2cccc(F)c2Cl)C1. The number of likely N-dealkylation sites (tertiary alicyclic amines) is 1. The van der Waals surface area contributed by atoms with Gasteiger partial charge in [-0.05, 0) is 45.7 Å². The van der Waals surface area contributed by atoms with Gasteiger partial charge in [0.05, 0.1) is 5.02 Å². The summed E-state index contributed by atoms with van der Waals surface area (Å²) in [5, 5.41) is -0.160. The Morgan fingerprint density at radius 1 is 1.35 bits per heavy atom. The molecule has 0 saturated carbocycles. The Morgan fingerprint density at radius 3 is 2.70 bits per heavy atom. The van der Waals surface area contributed by atoms with Gasteiger partial charge in [-0.1, -0.05) is 17.7 Å². The van der Waals surface area contributed by atoms with Gasteiger partial charge in [0, 0.05) is 24.6 Å². The average Bonchev–Trinajstić information content (AvgIpc) is 2.48. The molecule has 1 aromatic rings. The summed E-state index contributed by atoms with van der Waals surface area (Å²) in [6.45, 7) is 6.20. The van der Waals surface area contributed by atoms with Gasteiger partial charge in [0.15, 0.2) is 5.78 Å². The maximum atomic E-state index is 13.5. The average molecular weight is 342 g/mol. The molecule has 0 spiro atoms. The normalized spacial score (nSPS) is 18.7. The van der Waals surface area contributed by atoms with Crippen molar-refractivity contribution >= 4 is 23.5 Å². The van der Waals surface area contributed by atoms with Crippen LogP contribution in [0.4, 0.5) is 9.18 Å². The standard InChI is InChI=1S/C17H21ClFNO3/c1-17(2,3)23-16(22)20-9-5-6-11(10-20)15(21)12-7-4-8-13(19)14(12)18/h4,7-8,11H,5-6,9-10H2,1-3H3/t11-/m1/s1. The molecule has 23 heavy (non-hydrogen) atoms. The van der Waals surface area contributed by atoms with E-state index < -0.39 is 23.4 Å². The van der Waals surface area contributed by atoms with E-state index in [1.54, 1.807) is 20.8 Å². The molecule has 1 atom stereocenters. The van der Waals surface area contributed by atoms with Crippen LogP contribution in [0.25, 0.3) is 0 Å². The summed E-state index contributed by atoms with van der Waals surface area (Å²) in [5.41, 5.74) is -0.414. The molecule has 1 saturated heterocycles. The second kappa shape index (κ2) is 6.87. The minimum atomic E-state index is -0.614. The first-order valence-electron chi connectivity index (χ1n) is 7.65. The van der Waals surface area contributed by atoms with Crippen LogP contribution < -0.4 is 0 Å². The summed E-state index contributed by atoms with van der Waals surface area (Å²) in [4.78, 5) is 26.3. The molecule has 0 radical (unpaired) electrons. The number of halogens is 2. The van der Waals surface area contributed by atoms with Gasteiger partial charge in [0.2, 0.25) is 0 Å². The van der Waals surface area contributed by atoms with Gasteiger partial charge in [-0.15, -0.1) is 0 Å². The number of benzene rings is 1. The molecule has 2 rings (SSSR count). The summed E-state index contributed by atoms with van der Waals surface area (Å²) in [5.74, 6) is -1.24. The van der Waals surface area contributed by atoms with Crippen molar-refractivity contribution in [1.29, 1.82) is 0 Å². The van der Waals surface area contributed by atoms with Crippen LogP contribution in [-0.4, -0.2) is 35.5 Å². The third-order valence-corrected chi connectivity index (χ3v) is 4.05. The molecule has 1 aromatic carbocycles. The lowest BCUT2D eigenvalue weighted by atomic mass is 9.90. The number of carbonyl (C=O) groups is 2. The highest BCUT2D eigenvalue weighted by atomic mass is 35.5. The van der Waals surface area contributed by atoms with Crippen molar-refractivity contribution in [3.8, 4) is 0 Å². The molecule has 126 valence electrons. The molecule has 0 N–H and O–H groups in total. The van der Waals surface area contributed by atoms with Gasteiger partial charge in [-0.2, -0.15) is 0 Å². The van der Waals surface area contributed by atoms with E-state index in [-0.39, 0.29) is 22.9 Å². The monoisotopic (exact) mass is 341 g/mol. The van der Waals surface area contributed by atoms with E-state index >= 15 is 0 Å². The number of piperidine rings is 1. The van der Waals surface area contributed by atoms with Crippen LogP contribution in [0.2, 0.25) is 5.02 Å². The van der Waals surface area contributed by atoms with Crippen molar-refractivity contribution in [2.45, 2.75) is 39.2 Å². The minimum absolute atomic E-state index is 0.160. The van der Waals surface area contributed by atoms with Crippen LogP contribution in [0.3, 0.4) is 0 Å². The third kappa shape index (κ3) is 4.44. The lowest BCUT2D eigenvalue weighted by Crippen LogP contribution is -2.44. The number of ether oxygens (including phenoxy) is 1. The van der Waals surface area contributed by atoms with Crippen molar-refractivity contribution in [3.63, 3.8) is 0 Å². The highest BCUT2D eigenvalue weighted by Crippen LogP contribution is 2.27. The minimum Gasteiger partial charge on any atom is -0.444 e. The first-order valence-corrected chi connectivity index (χ1v) is 8.03. The fourth-order valence-electron chi connectivity index (χ4n) is 2.60. The third-order valence-electron chi connectivity index (χ3n) is 3.66. The molecule has 1 aliphatic rings. The smallest absolute Gasteiger partial charge is 0.410 e. The van der Waals surface area contributed by atoms with Crippen LogP contribution in [0.5, 0.6) is 0 Å². The van der Waals surface area contributed by atoms with E-state index in [2.05, 4.69) is 0 Å². The van der Waals surface area contributed by atoms with Crippen molar-refractivity contribution in [2.75, 3.05) is 13.1 Å². The molecule has 0 unspecified atom stereocenters. The summed E-state index contributed by atoms with van der Waals surface area (Å²) in [6.07, 6.45) is 0.911. The predicted octanol–water partition coefficient (Wildman–Crippen LogP) is 4.31. The molecule has 4 nitrogen and oxygen atoms in total. The summed E-state index contributed by atoms with van der Waals surface area (Å²) >= 11 is 5.89. The van der Waals surface area contributed by atoms with Gasteiger partial charge in [0.25, 0.3) is 0 Å². The van der Waals surface area contributed by atoms with Gasteiger partial charge >= 0.3 is 6.09 Å². The largest absolute Gasteiger partial charge is 0.444 e. The first-order chi connectivity index (χ1) is 10.7. The zero-order valence-electron chi connectivity index (χ0n) is 13.6. The Balaban J connectivity index is 2.10. The van der Waals surface area contributed by atoms with Crippen molar-refractivity contribution in [2.24, 2.45) is 5.92 Å². The number of amides is 1. The van der Waals surface area contributed by atoms with Crippen LogP contribution in [0.15, 0.2) is 18.2 Å². The van der Waals surface area contributed by atoms with E-state index in [4.69, 9.17) is 16.3 Å². The molecule has 1 fully saturated rings. The highest BCUT2D eigenvalue weighted by molar-refractivity contribution is 6.34. The molecule has 1 heterocycles. The Morgan fingerprint density at radius 2 is 2.04 bits per heavy atom. The summed E-state index contributed by atoms with van der Waals surface area (Å²) in [6, 6.07) is 4.19. The van der Waals surface area contributed by atoms with Crippen LogP contribution in [-0.2, 0) is 4.74 Å². The van der Waals surface area contributed by atoms with Crippen LogP contribution in [0, 0.1) is 11.7 Å². The maximum Gasteiger partial charge on any atom is 0.410 e. The van der Waals surface area contributed by atoms with Crippen LogP contribution >= 0.6 is 11.6 Å².